The second kappa shape index (κ2) is 12.3. The summed E-state index contributed by atoms with van der Waals surface area (Å²) in [5.74, 6) is 3.00. The number of halogens is 2. The van der Waals surface area contributed by atoms with E-state index in [-0.39, 0.29) is 0 Å². The van der Waals surface area contributed by atoms with Crippen LogP contribution in [0.2, 0.25) is 10.0 Å². The molecule has 2 saturated heterocycles. The van der Waals surface area contributed by atoms with Crippen molar-refractivity contribution >= 4 is 47.3 Å². The van der Waals surface area contributed by atoms with Crippen LogP contribution in [0.3, 0.4) is 0 Å². The lowest BCUT2D eigenvalue weighted by atomic mass is 10.2. The number of benzene rings is 2. The summed E-state index contributed by atoms with van der Waals surface area (Å²) in [5, 5.41) is 5.24. The van der Waals surface area contributed by atoms with Crippen molar-refractivity contribution in [2.75, 3.05) is 54.6 Å². The fourth-order valence-corrected chi connectivity index (χ4v) is 4.89. The fraction of sp³-hybridized carbons (Fsp3) is 0.385. The number of aromatic nitrogens is 3. The van der Waals surface area contributed by atoms with Gasteiger partial charge in [0.05, 0.1) is 11.2 Å². The van der Waals surface area contributed by atoms with E-state index in [1.54, 1.807) is 18.3 Å². The van der Waals surface area contributed by atoms with Crippen molar-refractivity contribution < 1.29 is 9.47 Å². The first-order valence-corrected chi connectivity index (χ1v) is 13.3. The molecule has 2 aliphatic heterocycles. The summed E-state index contributed by atoms with van der Waals surface area (Å²) < 4.78 is 11.6. The Morgan fingerprint density at radius 3 is 2.11 bits per heavy atom. The predicted molar refractivity (Wildman–Crippen MR) is 148 cm³/mol. The zero-order valence-electron chi connectivity index (χ0n) is 20.4. The second-order valence-corrected chi connectivity index (χ2v) is 9.68. The number of para-hydroxylation sites is 1. The first kappa shape index (κ1) is 25.4. The Balaban J connectivity index is 1.29. The molecule has 0 spiro atoms. The quantitative estimate of drug-likeness (QED) is 0.210. The summed E-state index contributed by atoms with van der Waals surface area (Å²) in [6.45, 7) is 4.45. The smallest absolute Gasteiger partial charge is 0.250 e. The number of nitrogens with one attached hydrogen (secondary N) is 1. The molecule has 0 unspecified atom stereocenters. The zero-order chi connectivity index (χ0) is 25.5. The Morgan fingerprint density at radius 2 is 1.46 bits per heavy atom. The molecule has 1 N–H and O–H groups in total. The van der Waals surface area contributed by atoms with Crippen LogP contribution in [0.5, 0.6) is 11.5 Å². The lowest BCUT2D eigenvalue weighted by molar-refractivity contribution is 0.217. The Bertz CT molecular complexity index is 1180. The van der Waals surface area contributed by atoms with Crippen molar-refractivity contribution in [1.82, 2.24) is 15.0 Å². The maximum atomic E-state index is 6.44. The molecule has 0 saturated carbocycles. The monoisotopic (exact) mass is 541 g/mol. The highest BCUT2D eigenvalue weighted by molar-refractivity contribution is 6.36. The lowest BCUT2D eigenvalue weighted by Crippen LogP contribution is -2.25. The van der Waals surface area contributed by atoms with E-state index in [0.717, 1.165) is 57.6 Å². The summed E-state index contributed by atoms with van der Waals surface area (Å²) >= 11 is 12.7. The maximum Gasteiger partial charge on any atom is 0.250 e. The van der Waals surface area contributed by atoms with Crippen LogP contribution < -0.4 is 24.7 Å². The zero-order valence-corrected chi connectivity index (χ0v) is 22.0. The van der Waals surface area contributed by atoms with E-state index in [1.165, 1.54) is 0 Å². The van der Waals surface area contributed by atoms with Gasteiger partial charge in [0.25, 0.3) is 0 Å². The molecule has 0 aliphatic carbocycles. The van der Waals surface area contributed by atoms with Crippen LogP contribution in [-0.2, 0) is 0 Å². The van der Waals surface area contributed by atoms with Gasteiger partial charge in [-0.1, -0.05) is 41.4 Å². The maximum absolute atomic E-state index is 6.44. The average molecular weight is 542 g/mol. The molecular weight excluding hydrogens is 513 g/mol. The Labute approximate surface area is 226 Å². The number of hydrogen-bond acceptors (Lipinski definition) is 9. The normalized spacial score (nSPS) is 15.5. The molecule has 9 nitrogen and oxygen atoms in total. The van der Waals surface area contributed by atoms with Gasteiger partial charge >= 0.3 is 0 Å². The number of anilines is 3. The molecule has 2 aliphatic rings. The molecule has 0 radical (unpaired) electrons. The number of rotatable bonds is 10. The second-order valence-electron chi connectivity index (χ2n) is 8.83. The molecule has 5 rings (SSSR count). The highest BCUT2D eigenvalue weighted by Gasteiger charge is 2.21. The van der Waals surface area contributed by atoms with Crippen LogP contribution in [0.4, 0.5) is 17.8 Å². The summed E-state index contributed by atoms with van der Waals surface area (Å²) in [6.07, 6.45) is 6.15. The van der Waals surface area contributed by atoms with Gasteiger partial charge in [-0.05, 0) is 49.9 Å². The third-order valence-corrected chi connectivity index (χ3v) is 6.64. The van der Waals surface area contributed by atoms with Crippen LogP contribution in [0.15, 0.2) is 47.6 Å². The van der Waals surface area contributed by atoms with Crippen molar-refractivity contribution in [2.24, 2.45) is 5.10 Å². The largest absolute Gasteiger partial charge is 0.490 e. The minimum atomic E-state index is 0.302. The van der Waals surface area contributed by atoms with Crippen molar-refractivity contribution in [3.05, 3.63) is 58.1 Å². The van der Waals surface area contributed by atoms with E-state index in [4.69, 9.17) is 37.7 Å². The van der Waals surface area contributed by atoms with Gasteiger partial charge in [-0.3, -0.25) is 0 Å². The summed E-state index contributed by atoms with van der Waals surface area (Å²) in [6, 6.07) is 12.9. The summed E-state index contributed by atoms with van der Waals surface area (Å²) in [4.78, 5) is 18.4. The van der Waals surface area contributed by atoms with Crippen LogP contribution in [0.25, 0.3) is 0 Å². The van der Waals surface area contributed by atoms with E-state index in [2.05, 4.69) is 30.3 Å². The van der Waals surface area contributed by atoms with Crippen LogP contribution >= 0.6 is 23.2 Å². The molecule has 11 heteroatoms. The van der Waals surface area contributed by atoms with E-state index in [0.29, 0.717) is 52.4 Å². The lowest BCUT2D eigenvalue weighted by Gasteiger charge is -2.20. The summed E-state index contributed by atoms with van der Waals surface area (Å²) in [5.41, 5.74) is 3.59. The highest BCUT2D eigenvalue weighted by Crippen LogP contribution is 2.32. The number of hydrazone groups is 1. The topological polar surface area (TPSA) is 88.0 Å². The highest BCUT2D eigenvalue weighted by atomic mass is 35.5. The van der Waals surface area contributed by atoms with Crippen molar-refractivity contribution in [3.8, 4) is 11.5 Å². The molecule has 0 atom stereocenters. The Kier molecular flexibility index (Phi) is 8.42. The predicted octanol–water partition coefficient (Wildman–Crippen LogP) is 5.28. The number of ether oxygens (including phenoxy) is 2. The van der Waals surface area contributed by atoms with Crippen LogP contribution in [0.1, 0.15) is 31.2 Å². The molecule has 3 aromatic rings. The third-order valence-electron chi connectivity index (χ3n) is 6.14. The Morgan fingerprint density at radius 1 is 0.838 bits per heavy atom. The van der Waals surface area contributed by atoms with E-state index in [9.17, 15) is 0 Å². The van der Waals surface area contributed by atoms with Gasteiger partial charge in [-0.15, -0.1) is 0 Å². The van der Waals surface area contributed by atoms with Crippen LogP contribution in [0, 0.1) is 0 Å². The first-order chi connectivity index (χ1) is 18.2. The van der Waals surface area contributed by atoms with E-state index < -0.39 is 0 Å². The fourth-order valence-electron chi connectivity index (χ4n) is 4.33. The summed E-state index contributed by atoms with van der Waals surface area (Å²) in [7, 11) is 0. The van der Waals surface area contributed by atoms with Gasteiger partial charge in [0, 0.05) is 36.8 Å². The minimum absolute atomic E-state index is 0.302. The average Bonchev–Trinajstić information content (AvgIpc) is 3.63. The molecule has 2 aromatic carbocycles. The van der Waals surface area contributed by atoms with Gasteiger partial charge in [0.2, 0.25) is 17.8 Å². The minimum Gasteiger partial charge on any atom is -0.490 e. The molecule has 2 fully saturated rings. The Hall–Kier alpha value is -3.30. The van der Waals surface area contributed by atoms with Crippen LogP contribution in [-0.4, -0.2) is 60.6 Å². The molecule has 3 heterocycles. The molecule has 194 valence electrons. The first-order valence-electron chi connectivity index (χ1n) is 12.5. The number of hydrogen-bond donors (Lipinski definition) is 1. The third kappa shape index (κ3) is 6.72. The SMILES string of the molecule is Clc1cc(Cl)c(OCCOc2ccccc2)c(C=NNc2nc(N3CCCC3)nc(N3CCCC3)n2)c1. The van der Waals surface area contributed by atoms with Crippen molar-refractivity contribution in [1.29, 1.82) is 0 Å². The van der Waals surface area contributed by atoms with Gasteiger partial charge in [0.1, 0.15) is 24.7 Å². The molecule has 37 heavy (non-hydrogen) atoms. The van der Waals surface area contributed by atoms with Gasteiger partial charge in [0.15, 0.2) is 0 Å². The van der Waals surface area contributed by atoms with E-state index >= 15 is 0 Å². The standard InChI is InChI=1S/C26H29Cl2N7O2/c27-20-16-19(23(22(28)17-20)37-15-14-36-21-8-2-1-3-9-21)18-29-33-24-30-25(34-10-4-5-11-34)32-26(31-24)35-12-6-7-13-35/h1-3,8-9,16-18H,4-7,10-15H2,(H,30,31,32,33). The molecule has 1 aromatic heterocycles. The van der Waals surface area contributed by atoms with Gasteiger partial charge in [-0.2, -0.15) is 20.1 Å². The van der Waals surface area contributed by atoms with E-state index in [1.807, 2.05) is 30.3 Å². The van der Waals surface area contributed by atoms with Gasteiger partial charge < -0.3 is 19.3 Å². The molecule has 0 amide bonds. The number of nitrogens with zero attached hydrogens (tertiary/aromatic N) is 6. The molecule has 0 bridgehead atoms. The van der Waals surface area contributed by atoms with Crippen molar-refractivity contribution in [2.45, 2.75) is 25.7 Å². The van der Waals surface area contributed by atoms with Crippen molar-refractivity contribution in [3.63, 3.8) is 0 Å². The van der Waals surface area contributed by atoms with Gasteiger partial charge in [-0.25, -0.2) is 5.43 Å². The molecular formula is C26H29Cl2N7O2.